The molecule has 30 heavy (non-hydrogen) atoms. The molecule has 2 heterocycles. The third-order valence-corrected chi connectivity index (χ3v) is 4.79. The van der Waals surface area contributed by atoms with Crippen LogP contribution in [0.4, 0.5) is 5.69 Å². The van der Waals surface area contributed by atoms with Gasteiger partial charge in [0.25, 0.3) is 5.91 Å². The number of amides is 1. The molecule has 0 saturated carbocycles. The number of benzene rings is 3. The zero-order valence-corrected chi connectivity index (χ0v) is 15.8. The van der Waals surface area contributed by atoms with E-state index in [1.165, 1.54) is 0 Å². The van der Waals surface area contributed by atoms with E-state index in [-0.39, 0.29) is 11.6 Å². The van der Waals surface area contributed by atoms with Gasteiger partial charge in [-0.25, -0.2) is 9.48 Å². The van der Waals surface area contributed by atoms with Crippen molar-refractivity contribution in [2.24, 2.45) is 0 Å². The highest BCUT2D eigenvalue weighted by atomic mass is 16.2. The van der Waals surface area contributed by atoms with Crippen LogP contribution >= 0.6 is 0 Å². The fraction of sp³-hybridized carbons (Fsp3) is 0. The molecule has 5 aromatic rings. The first-order chi connectivity index (χ1) is 14.7. The van der Waals surface area contributed by atoms with Crippen molar-refractivity contribution < 1.29 is 4.79 Å². The summed E-state index contributed by atoms with van der Waals surface area (Å²) in [6, 6.07) is 26.2. The van der Waals surface area contributed by atoms with E-state index in [0.29, 0.717) is 28.1 Å². The molecule has 0 bridgehead atoms. The number of imidazole rings is 1. The van der Waals surface area contributed by atoms with E-state index in [2.05, 4.69) is 20.4 Å². The van der Waals surface area contributed by atoms with Gasteiger partial charge in [0.15, 0.2) is 0 Å². The molecule has 0 saturated heterocycles. The summed E-state index contributed by atoms with van der Waals surface area (Å²) in [6.07, 6.45) is 0. The summed E-state index contributed by atoms with van der Waals surface area (Å²) >= 11 is 0. The van der Waals surface area contributed by atoms with Crippen LogP contribution in [0.3, 0.4) is 0 Å². The number of anilines is 1. The zero-order valence-electron chi connectivity index (χ0n) is 15.8. The predicted octanol–water partition coefficient (Wildman–Crippen LogP) is 3.96. The van der Waals surface area contributed by atoms with Gasteiger partial charge in [0.2, 0.25) is 0 Å². The van der Waals surface area contributed by atoms with Crippen LogP contribution in [0, 0.1) is 0 Å². The molecule has 0 aliphatic carbocycles. The van der Waals surface area contributed by atoms with Crippen LogP contribution in [0.1, 0.15) is 10.5 Å². The fourth-order valence-electron chi connectivity index (χ4n) is 3.36. The van der Waals surface area contributed by atoms with Gasteiger partial charge in [0, 0.05) is 11.3 Å². The van der Waals surface area contributed by atoms with Gasteiger partial charge in [-0.05, 0) is 36.4 Å². The van der Waals surface area contributed by atoms with Gasteiger partial charge in [-0.3, -0.25) is 4.79 Å². The number of fused-ring (bicyclic) bond motifs is 1. The van der Waals surface area contributed by atoms with Crippen molar-refractivity contribution in [1.82, 2.24) is 19.7 Å². The van der Waals surface area contributed by atoms with E-state index in [1.54, 1.807) is 28.9 Å². The minimum absolute atomic E-state index is 0.289. The molecule has 0 fully saturated rings. The minimum Gasteiger partial charge on any atom is -0.321 e. The lowest BCUT2D eigenvalue weighted by molar-refractivity contribution is 0.101. The number of rotatable bonds is 4. The number of para-hydroxylation sites is 1. The molecular weight excluding hydrogens is 378 g/mol. The van der Waals surface area contributed by atoms with Gasteiger partial charge in [-0.15, -0.1) is 0 Å². The average molecular weight is 395 g/mol. The molecule has 0 unspecified atom stereocenters. The number of nitrogens with zero attached hydrogens (tertiary/aromatic N) is 2. The molecule has 3 aromatic carbocycles. The van der Waals surface area contributed by atoms with Crippen LogP contribution < -0.4 is 11.0 Å². The third-order valence-electron chi connectivity index (χ3n) is 4.79. The lowest BCUT2D eigenvalue weighted by atomic mass is 10.1. The smallest absolute Gasteiger partial charge is 0.321 e. The highest BCUT2D eigenvalue weighted by Gasteiger charge is 2.18. The maximum absolute atomic E-state index is 13.1. The van der Waals surface area contributed by atoms with E-state index in [1.807, 2.05) is 60.7 Å². The Hall–Kier alpha value is -4.39. The molecule has 1 amide bonds. The molecule has 5 rings (SSSR count). The van der Waals surface area contributed by atoms with Crippen molar-refractivity contribution in [3.63, 3.8) is 0 Å². The van der Waals surface area contributed by atoms with Gasteiger partial charge in [0.05, 0.1) is 22.4 Å². The second-order valence-electron chi connectivity index (χ2n) is 6.82. The first-order valence-electron chi connectivity index (χ1n) is 9.42. The maximum atomic E-state index is 13.1. The van der Waals surface area contributed by atoms with Crippen LogP contribution in [-0.4, -0.2) is 25.7 Å². The third kappa shape index (κ3) is 3.29. The van der Waals surface area contributed by atoms with Crippen LogP contribution in [0.15, 0.2) is 89.7 Å². The molecule has 0 aliphatic rings. The molecule has 0 aliphatic heterocycles. The van der Waals surface area contributed by atoms with Crippen LogP contribution in [0.2, 0.25) is 0 Å². The summed E-state index contributed by atoms with van der Waals surface area (Å²) in [7, 11) is 0. The van der Waals surface area contributed by atoms with Crippen molar-refractivity contribution in [3.8, 4) is 16.9 Å². The van der Waals surface area contributed by atoms with E-state index in [9.17, 15) is 9.59 Å². The first kappa shape index (κ1) is 17.7. The van der Waals surface area contributed by atoms with Crippen molar-refractivity contribution in [2.45, 2.75) is 0 Å². The lowest BCUT2D eigenvalue weighted by Crippen LogP contribution is -2.16. The Kier molecular flexibility index (Phi) is 4.25. The highest BCUT2D eigenvalue weighted by Crippen LogP contribution is 2.23. The van der Waals surface area contributed by atoms with Gasteiger partial charge in [-0.1, -0.05) is 48.5 Å². The number of aromatic nitrogens is 4. The Balaban J connectivity index is 1.55. The number of carbonyl (C=O) groups is 1. The molecule has 7 heteroatoms. The summed E-state index contributed by atoms with van der Waals surface area (Å²) < 4.78 is 1.63. The van der Waals surface area contributed by atoms with Crippen molar-refractivity contribution in [1.29, 1.82) is 0 Å². The zero-order chi connectivity index (χ0) is 20.5. The van der Waals surface area contributed by atoms with E-state index >= 15 is 0 Å². The molecule has 0 spiro atoms. The monoisotopic (exact) mass is 395 g/mol. The standard InChI is InChI=1S/C23H17N5O2/c29-22(24-16-11-12-18-20(13-16)26-23(30)25-18)21-14-19(15-7-3-1-4-8-15)27-28(21)17-9-5-2-6-10-17/h1-14H,(H,24,29)(H2,25,26,30). The van der Waals surface area contributed by atoms with E-state index in [0.717, 1.165) is 11.3 Å². The minimum atomic E-state index is -0.300. The lowest BCUT2D eigenvalue weighted by Gasteiger charge is -2.08. The topological polar surface area (TPSA) is 95.6 Å². The number of nitrogens with one attached hydrogen (secondary N) is 3. The Morgan fingerprint density at radius 2 is 1.53 bits per heavy atom. The normalized spacial score (nSPS) is 10.9. The van der Waals surface area contributed by atoms with Crippen LogP contribution in [0.25, 0.3) is 28.0 Å². The summed E-state index contributed by atoms with van der Waals surface area (Å²) in [6.45, 7) is 0. The quantitative estimate of drug-likeness (QED) is 0.430. The van der Waals surface area contributed by atoms with Gasteiger partial charge in [0.1, 0.15) is 5.69 Å². The molecule has 7 nitrogen and oxygen atoms in total. The molecule has 3 N–H and O–H groups in total. The number of carbonyl (C=O) groups excluding carboxylic acids is 1. The first-order valence-corrected chi connectivity index (χ1v) is 9.42. The molecule has 0 radical (unpaired) electrons. The highest BCUT2D eigenvalue weighted by molar-refractivity contribution is 6.04. The summed E-state index contributed by atoms with van der Waals surface area (Å²) in [5.41, 5.74) is 4.41. The SMILES string of the molecule is O=C(Nc1ccc2[nH]c(=O)[nH]c2c1)c1cc(-c2ccccc2)nn1-c1ccccc1. The largest absolute Gasteiger partial charge is 0.323 e. The second-order valence-corrected chi connectivity index (χ2v) is 6.82. The predicted molar refractivity (Wildman–Crippen MR) is 116 cm³/mol. The van der Waals surface area contributed by atoms with E-state index < -0.39 is 0 Å². The fourth-order valence-corrected chi connectivity index (χ4v) is 3.36. The Labute approximate surface area is 171 Å². The van der Waals surface area contributed by atoms with Gasteiger partial charge >= 0.3 is 5.69 Å². The van der Waals surface area contributed by atoms with Crippen molar-refractivity contribution in [3.05, 3.63) is 101 Å². The average Bonchev–Trinajstić information content (AvgIpc) is 3.38. The molecule has 2 aromatic heterocycles. The number of aromatic amines is 2. The molecule has 0 atom stereocenters. The molecular formula is C23H17N5O2. The van der Waals surface area contributed by atoms with Gasteiger partial charge < -0.3 is 15.3 Å². The summed E-state index contributed by atoms with van der Waals surface area (Å²) in [4.78, 5) is 30.0. The Morgan fingerprint density at radius 1 is 0.833 bits per heavy atom. The summed E-state index contributed by atoms with van der Waals surface area (Å²) in [5.74, 6) is -0.300. The number of H-pyrrole nitrogens is 2. The van der Waals surface area contributed by atoms with Crippen molar-refractivity contribution >= 4 is 22.6 Å². The van der Waals surface area contributed by atoms with Gasteiger partial charge in [-0.2, -0.15) is 5.10 Å². The van der Waals surface area contributed by atoms with E-state index in [4.69, 9.17) is 0 Å². The number of hydrogen-bond acceptors (Lipinski definition) is 3. The Morgan fingerprint density at radius 3 is 2.30 bits per heavy atom. The van der Waals surface area contributed by atoms with Crippen molar-refractivity contribution in [2.75, 3.05) is 5.32 Å². The Bertz CT molecular complexity index is 1400. The van der Waals surface area contributed by atoms with Crippen LogP contribution in [0.5, 0.6) is 0 Å². The maximum Gasteiger partial charge on any atom is 0.323 e. The number of hydrogen-bond donors (Lipinski definition) is 3. The molecule has 146 valence electrons. The van der Waals surface area contributed by atoms with Crippen LogP contribution in [-0.2, 0) is 0 Å². The summed E-state index contributed by atoms with van der Waals surface area (Å²) in [5, 5.41) is 7.57. The second kappa shape index (κ2) is 7.21.